The summed E-state index contributed by atoms with van der Waals surface area (Å²) in [7, 11) is -17.4. The van der Waals surface area contributed by atoms with E-state index in [0.717, 1.165) is 12.3 Å². The van der Waals surface area contributed by atoms with Crippen molar-refractivity contribution < 1.29 is 66.2 Å². The highest BCUT2D eigenvalue weighted by molar-refractivity contribution is 7.66. The summed E-state index contributed by atoms with van der Waals surface area (Å²) in [6.45, 7) is 0. The van der Waals surface area contributed by atoms with Gasteiger partial charge in [0.05, 0.1) is 0 Å². The van der Waals surface area contributed by atoms with E-state index in [1.165, 1.54) is 0 Å². The normalized spacial score (nSPS) is 28.6. The van der Waals surface area contributed by atoms with Crippen LogP contribution in [0.1, 0.15) is 6.23 Å². The molecule has 1 fully saturated rings. The highest BCUT2D eigenvalue weighted by Crippen LogP contribution is 2.67. The zero-order valence-corrected chi connectivity index (χ0v) is 16.7. The van der Waals surface area contributed by atoms with E-state index in [9.17, 15) is 38.1 Å². The summed E-state index contributed by atoms with van der Waals surface area (Å²) < 4.78 is 50.6. The molecule has 30 heavy (non-hydrogen) atoms. The fraction of sp³-hybridized carbons (Fsp3) is 0.444. The second-order valence-electron chi connectivity index (χ2n) is 5.45. The Labute approximate surface area is 163 Å². The van der Waals surface area contributed by atoms with Gasteiger partial charge in [0.15, 0.2) is 12.3 Å². The Balaban J connectivity index is 2.30. The summed E-state index contributed by atoms with van der Waals surface area (Å²) in [6, 6.07) is 0.808. The average Bonchev–Trinajstić information content (AvgIpc) is 2.80. The van der Waals surface area contributed by atoms with Gasteiger partial charge in [-0.3, -0.25) is 18.9 Å². The lowest BCUT2D eigenvalue weighted by Crippen LogP contribution is -2.39. The van der Waals surface area contributed by atoms with Gasteiger partial charge in [-0.15, -0.1) is 0 Å². The number of aliphatic carboxylic acids is 1. The van der Waals surface area contributed by atoms with Crippen molar-refractivity contribution in [3.05, 3.63) is 33.1 Å². The molecule has 170 valence electrons. The number of carboxylic acids is 1. The number of phosphoric ester groups is 1. The van der Waals surface area contributed by atoms with Gasteiger partial charge in [-0.05, 0) is 0 Å². The number of carbonyl (C=O) groups is 1. The van der Waals surface area contributed by atoms with Crippen LogP contribution in [0.3, 0.4) is 0 Å². The van der Waals surface area contributed by atoms with Crippen LogP contribution in [0.5, 0.6) is 0 Å². The summed E-state index contributed by atoms with van der Waals surface area (Å²) in [5, 5.41) is 19.4. The monoisotopic (exact) mass is 498 g/mol. The van der Waals surface area contributed by atoms with Crippen LogP contribution in [-0.2, 0) is 36.4 Å². The topological polar surface area (TPSA) is 281 Å². The molecule has 2 unspecified atom stereocenters. The molecular weight excluding hydrogens is 485 g/mol. The number of aliphatic hydroxyl groups excluding tert-OH is 1. The Hall–Kier alpha value is -1.52. The summed E-state index contributed by atoms with van der Waals surface area (Å²) in [4.78, 5) is 71.6. The second-order valence-corrected chi connectivity index (χ2v) is 9.83. The smallest absolute Gasteiger partial charge is 0.479 e. The lowest BCUT2D eigenvalue weighted by atomic mass is 10.1. The first-order valence-electron chi connectivity index (χ1n) is 7.21. The van der Waals surface area contributed by atoms with Crippen LogP contribution >= 0.6 is 23.5 Å². The Morgan fingerprint density at radius 3 is 2.20 bits per heavy atom. The van der Waals surface area contributed by atoms with Crippen molar-refractivity contribution in [3.63, 3.8) is 0 Å². The van der Waals surface area contributed by atoms with Gasteiger partial charge in [0.25, 0.3) is 5.56 Å². The molecule has 0 bridgehead atoms. The molecule has 0 aliphatic carbocycles. The Bertz CT molecular complexity index is 1070. The number of hydrogen-bond acceptors (Lipinski definition) is 11. The van der Waals surface area contributed by atoms with E-state index in [-0.39, 0.29) is 0 Å². The molecule has 18 nitrogen and oxygen atoms in total. The van der Waals surface area contributed by atoms with E-state index >= 15 is 0 Å². The Kier molecular flexibility index (Phi) is 7.05. The zero-order valence-electron chi connectivity index (χ0n) is 14.0. The number of aliphatic hydroxyl groups is 1. The fourth-order valence-corrected chi connectivity index (χ4v) is 5.48. The number of phosphoric acid groups is 3. The predicted molar refractivity (Wildman–Crippen MR) is 87.6 cm³/mol. The van der Waals surface area contributed by atoms with Crippen molar-refractivity contribution in [2.75, 3.05) is 0 Å². The minimum Gasteiger partial charge on any atom is -0.479 e. The number of aromatic nitrogens is 2. The van der Waals surface area contributed by atoms with Gasteiger partial charge in [-0.25, -0.2) is 23.3 Å². The average molecular weight is 498 g/mol. The van der Waals surface area contributed by atoms with Crippen LogP contribution in [-0.4, -0.2) is 63.6 Å². The highest BCUT2D eigenvalue weighted by atomic mass is 31.3. The SMILES string of the molecule is O=C(O)[C@H]1O[C@@H](n2ccc(=O)[nH]c2=O)[C@H](O)[C@@H]1OP(=O)(O)OP(=O)(O)OP(=O)(O)O. The number of ether oxygens (including phenoxy) is 1. The zero-order chi connectivity index (χ0) is 23.1. The number of nitrogens with one attached hydrogen (secondary N) is 1. The van der Waals surface area contributed by atoms with E-state index in [0.29, 0.717) is 4.57 Å². The van der Waals surface area contributed by atoms with Crippen molar-refractivity contribution in [1.82, 2.24) is 9.55 Å². The maximum Gasteiger partial charge on any atom is 0.490 e. The van der Waals surface area contributed by atoms with Crippen molar-refractivity contribution in [1.29, 1.82) is 0 Å². The molecular formula is C9H13N2O16P3. The van der Waals surface area contributed by atoms with Gasteiger partial charge in [-0.1, -0.05) is 0 Å². The number of nitrogens with zero attached hydrogens (tertiary/aromatic N) is 1. The Morgan fingerprint density at radius 2 is 1.70 bits per heavy atom. The van der Waals surface area contributed by atoms with Gasteiger partial charge in [-0.2, -0.15) is 8.62 Å². The minimum absolute atomic E-state index is 0.516. The summed E-state index contributed by atoms with van der Waals surface area (Å²) >= 11 is 0. The van der Waals surface area contributed by atoms with Gasteiger partial charge in [0, 0.05) is 12.3 Å². The van der Waals surface area contributed by atoms with Gasteiger partial charge in [0.1, 0.15) is 12.2 Å². The molecule has 0 amide bonds. The summed E-state index contributed by atoms with van der Waals surface area (Å²) in [5.41, 5.74) is -2.00. The van der Waals surface area contributed by atoms with Gasteiger partial charge >= 0.3 is 35.1 Å². The largest absolute Gasteiger partial charge is 0.490 e. The number of H-pyrrole nitrogens is 1. The maximum absolute atomic E-state index is 11.9. The summed E-state index contributed by atoms with van der Waals surface area (Å²) in [6.07, 6.45) is -7.81. The van der Waals surface area contributed by atoms with Crippen LogP contribution in [0.2, 0.25) is 0 Å². The van der Waals surface area contributed by atoms with E-state index in [1.807, 2.05) is 0 Å². The van der Waals surface area contributed by atoms with Gasteiger partial charge in [0.2, 0.25) is 0 Å². The van der Waals surface area contributed by atoms with Crippen LogP contribution in [0.4, 0.5) is 0 Å². The third-order valence-corrected chi connectivity index (χ3v) is 7.09. The first-order valence-corrected chi connectivity index (χ1v) is 11.7. The molecule has 0 saturated carbocycles. The first-order chi connectivity index (χ1) is 13.5. The van der Waals surface area contributed by atoms with Crippen LogP contribution < -0.4 is 11.2 Å². The molecule has 1 aromatic rings. The van der Waals surface area contributed by atoms with E-state index < -0.39 is 65.2 Å². The van der Waals surface area contributed by atoms with E-state index in [2.05, 4.69) is 13.1 Å². The molecule has 2 rings (SSSR count). The molecule has 1 aliphatic heterocycles. The first kappa shape index (κ1) is 24.7. The van der Waals surface area contributed by atoms with E-state index in [4.69, 9.17) is 24.5 Å². The number of hydrogen-bond donors (Lipinski definition) is 7. The lowest BCUT2D eigenvalue weighted by molar-refractivity contribution is -0.155. The third-order valence-electron chi connectivity index (χ3n) is 3.25. The van der Waals surface area contributed by atoms with Crippen molar-refractivity contribution in [2.24, 2.45) is 0 Å². The quantitative estimate of drug-likeness (QED) is 0.184. The molecule has 0 aromatic carbocycles. The minimum atomic E-state index is -5.91. The van der Waals surface area contributed by atoms with Crippen LogP contribution in [0.25, 0.3) is 0 Å². The molecule has 1 aromatic heterocycles. The highest BCUT2D eigenvalue weighted by Gasteiger charge is 2.53. The molecule has 21 heteroatoms. The number of rotatable bonds is 8. The molecule has 0 radical (unpaired) electrons. The van der Waals surface area contributed by atoms with E-state index in [1.54, 1.807) is 4.98 Å². The van der Waals surface area contributed by atoms with Crippen LogP contribution in [0.15, 0.2) is 21.9 Å². The molecule has 2 heterocycles. The molecule has 1 saturated heterocycles. The lowest BCUT2D eigenvalue weighted by Gasteiger charge is -2.22. The third kappa shape index (κ3) is 6.24. The van der Waals surface area contributed by atoms with Gasteiger partial charge < -0.3 is 34.5 Å². The fourth-order valence-electron chi connectivity index (χ4n) is 2.28. The molecule has 1 aliphatic rings. The van der Waals surface area contributed by atoms with Crippen molar-refractivity contribution >= 4 is 29.4 Å². The van der Waals surface area contributed by atoms with Crippen LogP contribution in [0, 0.1) is 0 Å². The second kappa shape index (κ2) is 8.55. The predicted octanol–water partition coefficient (Wildman–Crippen LogP) is -2.41. The molecule has 0 spiro atoms. The molecule has 6 atom stereocenters. The van der Waals surface area contributed by atoms with Crippen molar-refractivity contribution in [2.45, 2.75) is 24.5 Å². The maximum atomic E-state index is 11.9. The standard InChI is InChI=1S/C9H13N2O16P3/c12-3-1-2-11(9(16)10-3)7-4(13)5(6(24-7)8(14)15)25-29(20,21)27-30(22,23)26-28(17,18)19/h1-2,4-7,13H,(H,14,15)(H,20,21)(H,22,23)(H,10,12,16)(H2,17,18,19)/t4-,5+,6+,7-/m1/s1. The number of carboxylic acid groups (broad SMARTS) is 1. The number of aromatic amines is 1. The summed E-state index contributed by atoms with van der Waals surface area (Å²) in [5.74, 6) is -1.88. The molecule has 7 N–H and O–H groups in total. The van der Waals surface area contributed by atoms with Crippen molar-refractivity contribution in [3.8, 4) is 0 Å². The Morgan fingerprint density at radius 1 is 1.10 bits per heavy atom.